The molecule has 6 nitrogen and oxygen atoms in total. The van der Waals surface area contributed by atoms with Gasteiger partial charge >= 0.3 is 0 Å². The molecule has 3 aromatic rings. The molecule has 0 unspecified atom stereocenters. The molecule has 0 spiro atoms. The van der Waals surface area contributed by atoms with Crippen molar-refractivity contribution in [1.82, 2.24) is 9.55 Å². The number of anilines is 1. The van der Waals surface area contributed by atoms with Crippen LogP contribution in [-0.4, -0.2) is 34.1 Å². The van der Waals surface area contributed by atoms with E-state index in [4.69, 9.17) is 9.72 Å². The summed E-state index contributed by atoms with van der Waals surface area (Å²) in [7, 11) is 1.56. The predicted octanol–water partition coefficient (Wildman–Crippen LogP) is 3.68. The van der Waals surface area contributed by atoms with Gasteiger partial charge in [-0.15, -0.1) is 11.8 Å². The highest BCUT2D eigenvalue weighted by molar-refractivity contribution is 8.00. The van der Waals surface area contributed by atoms with Crippen molar-refractivity contribution >= 4 is 35.1 Å². The zero-order chi connectivity index (χ0) is 20.9. The fourth-order valence-electron chi connectivity index (χ4n) is 3.20. The van der Waals surface area contributed by atoms with E-state index in [2.05, 4.69) is 5.32 Å². The first-order valence-corrected chi connectivity index (χ1v) is 11.5. The number of nitrogens with one attached hydrogen (secondary N) is 1. The summed E-state index contributed by atoms with van der Waals surface area (Å²) in [5.74, 6) is 1.43. The van der Waals surface area contributed by atoms with Crippen molar-refractivity contribution in [2.24, 2.45) is 0 Å². The highest BCUT2D eigenvalue weighted by Gasteiger charge is 2.22. The second-order valence-corrected chi connectivity index (χ2v) is 8.73. The maximum Gasteiger partial charge on any atom is 0.268 e. The molecule has 0 aliphatic carbocycles. The molecule has 2 heterocycles. The zero-order valence-electron chi connectivity index (χ0n) is 16.5. The van der Waals surface area contributed by atoms with E-state index in [1.165, 1.54) is 11.8 Å². The number of aryl methyl sites for hydroxylation is 1. The second kappa shape index (κ2) is 9.40. The van der Waals surface area contributed by atoms with Gasteiger partial charge in [0.05, 0.1) is 35.7 Å². The largest absolute Gasteiger partial charge is 0.495 e. The van der Waals surface area contributed by atoms with E-state index >= 15 is 0 Å². The van der Waals surface area contributed by atoms with Gasteiger partial charge in [0.15, 0.2) is 5.16 Å². The lowest BCUT2D eigenvalue weighted by Crippen LogP contribution is -2.26. The van der Waals surface area contributed by atoms with Crippen molar-refractivity contribution in [2.45, 2.75) is 23.0 Å². The van der Waals surface area contributed by atoms with Crippen molar-refractivity contribution in [2.75, 3.05) is 23.9 Å². The highest BCUT2D eigenvalue weighted by atomic mass is 32.2. The molecule has 2 aromatic carbocycles. The predicted molar refractivity (Wildman–Crippen MR) is 121 cm³/mol. The third-order valence-electron chi connectivity index (χ3n) is 4.65. The maximum atomic E-state index is 13.1. The molecular formula is C22H21N3O3S2. The minimum absolute atomic E-state index is 0.0287. The van der Waals surface area contributed by atoms with E-state index in [9.17, 15) is 9.59 Å². The number of carbonyl (C=O) groups excluding carboxylic acids is 1. The van der Waals surface area contributed by atoms with Crippen LogP contribution in [0.1, 0.15) is 11.3 Å². The molecule has 0 saturated carbocycles. The van der Waals surface area contributed by atoms with Crippen molar-refractivity contribution in [3.05, 3.63) is 76.2 Å². The fourth-order valence-corrected chi connectivity index (χ4v) is 5.06. The van der Waals surface area contributed by atoms with E-state index < -0.39 is 0 Å². The number of nitrogens with zero attached hydrogens (tertiary/aromatic N) is 2. The first-order chi connectivity index (χ1) is 14.7. The van der Waals surface area contributed by atoms with Gasteiger partial charge < -0.3 is 10.1 Å². The van der Waals surface area contributed by atoms with Crippen LogP contribution < -0.4 is 15.6 Å². The van der Waals surface area contributed by atoms with Crippen LogP contribution in [0.4, 0.5) is 5.69 Å². The summed E-state index contributed by atoms with van der Waals surface area (Å²) in [6.45, 7) is 0.428. The molecule has 154 valence electrons. The number of ether oxygens (including phenoxy) is 1. The lowest BCUT2D eigenvalue weighted by molar-refractivity contribution is -0.113. The van der Waals surface area contributed by atoms with Crippen LogP contribution in [0.25, 0.3) is 0 Å². The third-order valence-corrected chi connectivity index (χ3v) is 6.73. The van der Waals surface area contributed by atoms with Crippen molar-refractivity contribution in [3.8, 4) is 5.75 Å². The van der Waals surface area contributed by atoms with Crippen LogP contribution in [0, 0.1) is 0 Å². The maximum absolute atomic E-state index is 13.1. The Balaban J connectivity index is 1.55. The summed E-state index contributed by atoms with van der Waals surface area (Å²) in [4.78, 5) is 31.1. The number of methoxy groups -OCH3 is 1. The molecular weight excluding hydrogens is 418 g/mol. The summed E-state index contributed by atoms with van der Waals surface area (Å²) in [5, 5.41) is 3.43. The van der Waals surface area contributed by atoms with Crippen LogP contribution in [0.2, 0.25) is 0 Å². The number of fused-ring (bicyclic) bond motifs is 1. The lowest BCUT2D eigenvalue weighted by Gasteiger charge is -2.14. The number of hydrogen-bond donors (Lipinski definition) is 1. The molecule has 1 amide bonds. The summed E-state index contributed by atoms with van der Waals surface area (Å²) >= 11 is 2.84. The van der Waals surface area contributed by atoms with Gasteiger partial charge in [-0.05, 0) is 17.7 Å². The monoisotopic (exact) mass is 439 g/mol. The Kier molecular flexibility index (Phi) is 6.44. The normalized spacial score (nSPS) is 12.4. The van der Waals surface area contributed by atoms with Gasteiger partial charge in [0.25, 0.3) is 5.56 Å². The quantitative estimate of drug-likeness (QED) is 0.447. The Hall–Kier alpha value is -2.71. The van der Waals surface area contributed by atoms with Crippen molar-refractivity contribution in [3.63, 3.8) is 0 Å². The molecule has 0 saturated heterocycles. The molecule has 4 rings (SSSR count). The molecule has 1 aromatic heterocycles. The number of benzene rings is 2. The highest BCUT2D eigenvalue weighted by Crippen LogP contribution is 2.29. The Morgan fingerprint density at radius 1 is 1.20 bits per heavy atom. The van der Waals surface area contributed by atoms with E-state index in [-0.39, 0.29) is 17.2 Å². The molecule has 0 radical (unpaired) electrons. The molecule has 1 N–H and O–H groups in total. The number of thioether (sulfide) groups is 2. The van der Waals surface area contributed by atoms with E-state index in [0.717, 1.165) is 28.3 Å². The molecule has 0 atom stereocenters. The number of amides is 1. The van der Waals surface area contributed by atoms with E-state index in [1.54, 1.807) is 35.6 Å². The smallest absolute Gasteiger partial charge is 0.268 e. The number of rotatable bonds is 7. The summed E-state index contributed by atoms with van der Waals surface area (Å²) in [6.07, 6.45) is 0.780. The van der Waals surface area contributed by atoms with E-state index in [0.29, 0.717) is 23.1 Å². The number of para-hydroxylation sites is 2. The average molecular weight is 440 g/mol. The first kappa shape index (κ1) is 20.6. The van der Waals surface area contributed by atoms with Crippen LogP contribution in [0.15, 0.2) is 69.4 Å². The van der Waals surface area contributed by atoms with Gasteiger partial charge in [0.1, 0.15) is 5.75 Å². The Morgan fingerprint density at radius 2 is 1.97 bits per heavy atom. The van der Waals surface area contributed by atoms with Gasteiger partial charge in [-0.2, -0.15) is 0 Å². The minimum atomic E-state index is -0.181. The molecule has 8 heteroatoms. The second-order valence-electron chi connectivity index (χ2n) is 6.68. The fraction of sp³-hybridized carbons (Fsp3) is 0.227. The zero-order valence-corrected chi connectivity index (χ0v) is 18.1. The number of aromatic nitrogens is 2. The summed E-state index contributed by atoms with van der Waals surface area (Å²) in [5.41, 5.74) is 2.44. The number of carbonyl (C=O) groups is 1. The Labute approximate surface area is 183 Å². The van der Waals surface area contributed by atoms with Gasteiger partial charge in [-0.3, -0.25) is 14.2 Å². The Bertz CT molecular complexity index is 1120. The standard InChI is InChI=1S/C22H21N3O3S2/c1-28-18-10-6-5-9-16(18)23-19(26)14-30-22-24-17-11-12-29-20(17)21(27)25(22)13-15-7-3-2-4-8-15/h2-10H,11-14H2,1H3,(H,23,26). The lowest BCUT2D eigenvalue weighted by atomic mass is 10.2. The first-order valence-electron chi connectivity index (χ1n) is 9.52. The van der Waals surface area contributed by atoms with E-state index in [1.807, 2.05) is 42.5 Å². The molecule has 1 aliphatic rings. The summed E-state index contributed by atoms with van der Waals surface area (Å²) < 4.78 is 6.95. The number of hydrogen-bond acceptors (Lipinski definition) is 6. The van der Waals surface area contributed by atoms with Gasteiger partial charge in [0, 0.05) is 12.2 Å². The topological polar surface area (TPSA) is 73.2 Å². The van der Waals surface area contributed by atoms with Crippen LogP contribution in [0.5, 0.6) is 5.75 Å². The Morgan fingerprint density at radius 3 is 2.77 bits per heavy atom. The van der Waals surface area contributed by atoms with Crippen molar-refractivity contribution in [1.29, 1.82) is 0 Å². The SMILES string of the molecule is COc1ccccc1NC(=O)CSc1nc2c(c(=O)n1Cc1ccccc1)SCC2. The molecule has 0 bridgehead atoms. The van der Waals surface area contributed by atoms with Gasteiger partial charge in [0.2, 0.25) is 5.91 Å². The summed E-state index contributed by atoms with van der Waals surface area (Å²) in [6, 6.07) is 17.1. The molecule has 0 fully saturated rings. The van der Waals surface area contributed by atoms with Gasteiger partial charge in [-0.25, -0.2) is 4.98 Å². The molecule has 30 heavy (non-hydrogen) atoms. The van der Waals surface area contributed by atoms with Crippen molar-refractivity contribution < 1.29 is 9.53 Å². The van der Waals surface area contributed by atoms with Crippen LogP contribution in [-0.2, 0) is 17.8 Å². The van der Waals surface area contributed by atoms with Crippen LogP contribution >= 0.6 is 23.5 Å². The third kappa shape index (κ3) is 4.55. The minimum Gasteiger partial charge on any atom is -0.495 e. The van der Waals surface area contributed by atoms with Crippen LogP contribution in [0.3, 0.4) is 0 Å². The van der Waals surface area contributed by atoms with Gasteiger partial charge in [-0.1, -0.05) is 54.2 Å². The molecule has 1 aliphatic heterocycles. The average Bonchev–Trinajstić information content (AvgIpc) is 3.24.